The van der Waals surface area contributed by atoms with E-state index in [2.05, 4.69) is 9.97 Å². The number of aromatic carboxylic acids is 1. The fourth-order valence-electron chi connectivity index (χ4n) is 2.52. The van der Waals surface area contributed by atoms with E-state index in [9.17, 15) is 9.59 Å². The summed E-state index contributed by atoms with van der Waals surface area (Å²) in [5.74, 6) is -0.0897. The van der Waals surface area contributed by atoms with Crippen molar-refractivity contribution in [2.24, 2.45) is 0 Å². The third kappa shape index (κ3) is 2.79. The molecule has 0 saturated heterocycles. The summed E-state index contributed by atoms with van der Waals surface area (Å²) in [5.41, 5.74) is 2.20. The van der Waals surface area contributed by atoms with Crippen molar-refractivity contribution in [1.82, 2.24) is 14.9 Å². The molecule has 6 heteroatoms. The molecule has 108 valence electrons. The molecule has 1 aromatic carbocycles. The third-order valence-electron chi connectivity index (χ3n) is 3.66. The molecule has 1 aliphatic rings. The molecule has 0 radical (unpaired) electrons. The molecular weight excluding hydrogens is 270 g/mol. The van der Waals surface area contributed by atoms with Crippen LogP contribution in [0.4, 0.5) is 0 Å². The number of benzene rings is 1. The van der Waals surface area contributed by atoms with Crippen LogP contribution in [0.1, 0.15) is 33.7 Å². The number of hydrogen-bond donors (Lipinski definition) is 2. The predicted molar refractivity (Wildman–Crippen MR) is 74.6 cm³/mol. The number of hydrogen-bond acceptors (Lipinski definition) is 3. The molecule has 0 unspecified atom stereocenters. The van der Waals surface area contributed by atoms with Gasteiger partial charge in [0, 0.05) is 38.3 Å². The molecule has 0 aliphatic carbocycles. The Kier molecular flexibility index (Phi) is 3.43. The number of nitrogens with zero attached hydrogens (tertiary/aromatic N) is 2. The molecule has 6 nitrogen and oxygen atoms in total. The maximum Gasteiger partial charge on any atom is 0.335 e. The monoisotopic (exact) mass is 285 g/mol. The van der Waals surface area contributed by atoms with E-state index in [0.29, 0.717) is 25.9 Å². The van der Waals surface area contributed by atoms with Gasteiger partial charge in [0.2, 0.25) is 5.91 Å². The van der Waals surface area contributed by atoms with Crippen LogP contribution in [0.3, 0.4) is 0 Å². The number of aromatic nitrogens is 2. The molecule has 0 bridgehead atoms. The number of imidazole rings is 1. The van der Waals surface area contributed by atoms with Gasteiger partial charge in [-0.1, -0.05) is 6.07 Å². The van der Waals surface area contributed by atoms with E-state index in [-0.39, 0.29) is 11.5 Å². The average Bonchev–Trinajstić information content (AvgIpc) is 3.12. The van der Waals surface area contributed by atoms with Gasteiger partial charge < -0.3 is 15.0 Å². The van der Waals surface area contributed by atoms with Crippen molar-refractivity contribution in [3.8, 4) is 0 Å². The number of nitrogens with one attached hydrogen (secondary N) is 1. The SMILES string of the molecule is O=C(O)c1ccc2c(c1)CN(C(=O)CCc1ncc[nH]1)C2. The zero-order valence-corrected chi connectivity index (χ0v) is 11.4. The smallest absolute Gasteiger partial charge is 0.335 e. The highest BCUT2D eigenvalue weighted by atomic mass is 16.4. The molecule has 21 heavy (non-hydrogen) atoms. The molecule has 2 N–H and O–H groups in total. The van der Waals surface area contributed by atoms with Crippen LogP contribution in [-0.2, 0) is 24.3 Å². The Hall–Kier alpha value is -2.63. The minimum Gasteiger partial charge on any atom is -0.478 e. The van der Waals surface area contributed by atoms with Gasteiger partial charge in [0.25, 0.3) is 0 Å². The van der Waals surface area contributed by atoms with Crippen molar-refractivity contribution >= 4 is 11.9 Å². The molecule has 0 saturated carbocycles. The van der Waals surface area contributed by atoms with Crippen molar-refractivity contribution < 1.29 is 14.7 Å². The van der Waals surface area contributed by atoms with E-state index in [4.69, 9.17) is 5.11 Å². The first-order valence-corrected chi connectivity index (χ1v) is 6.74. The molecule has 2 heterocycles. The van der Waals surface area contributed by atoms with Crippen molar-refractivity contribution in [2.75, 3.05) is 0 Å². The fourth-order valence-corrected chi connectivity index (χ4v) is 2.52. The lowest BCUT2D eigenvalue weighted by Gasteiger charge is -2.14. The number of amides is 1. The zero-order chi connectivity index (χ0) is 14.8. The molecule has 0 atom stereocenters. The minimum absolute atomic E-state index is 0.0551. The molecule has 2 aromatic rings. The molecule has 1 amide bonds. The summed E-state index contributed by atoms with van der Waals surface area (Å²) in [5, 5.41) is 8.99. The standard InChI is InChI=1S/C15H15N3O3/c19-14(4-3-13-16-5-6-17-13)18-8-11-2-1-10(15(20)21)7-12(11)9-18/h1-2,5-7H,3-4,8-9H2,(H,16,17)(H,20,21). The zero-order valence-electron chi connectivity index (χ0n) is 11.4. The van der Waals surface area contributed by atoms with E-state index < -0.39 is 5.97 Å². The summed E-state index contributed by atoms with van der Waals surface area (Å²) in [6, 6.07) is 5.02. The number of aromatic amines is 1. The predicted octanol–water partition coefficient (Wildman–Crippen LogP) is 1.58. The van der Waals surface area contributed by atoms with Crippen LogP contribution in [-0.4, -0.2) is 31.9 Å². The quantitative estimate of drug-likeness (QED) is 0.893. The highest BCUT2D eigenvalue weighted by Crippen LogP contribution is 2.24. The first kappa shape index (κ1) is 13.4. The Morgan fingerprint density at radius 1 is 1.29 bits per heavy atom. The van der Waals surface area contributed by atoms with E-state index in [1.807, 2.05) is 0 Å². The lowest BCUT2D eigenvalue weighted by Crippen LogP contribution is -2.25. The Morgan fingerprint density at radius 2 is 2.10 bits per heavy atom. The normalized spacial score (nSPS) is 13.2. The summed E-state index contributed by atoms with van der Waals surface area (Å²) >= 11 is 0. The van der Waals surface area contributed by atoms with Gasteiger partial charge in [0.15, 0.2) is 0 Å². The second-order valence-corrected chi connectivity index (χ2v) is 5.07. The van der Waals surface area contributed by atoms with Gasteiger partial charge in [0.05, 0.1) is 5.56 Å². The van der Waals surface area contributed by atoms with Gasteiger partial charge in [-0.2, -0.15) is 0 Å². The Bertz CT molecular complexity index is 679. The van der Waals surface area contributed by atoms with Crippen LogP contribution >= 0.6 is 0 Å². The maximum absolute atomic E-state index is 12.2. The van der Waals surface area contributed by atoms with Gasteiger partial charge in [-0.15, -0.1) is 0 Å². The van der Waals surface area contributed by atoms with Gasteiger partial charge in [0.1, 0.15) is 5.82 Å². The maximum atomic E-state index is 12.2. The summed E-state index contributed by atoms with van der Waals surface area (Å²) in [4.78, 5) is 32.0. The van der Waals surface area contributed by atoms with E-state index in [1.165, 1.54) is 0 Å². The minimum atomic E-state index is -0.944. The fraction of sp³-hybridized carbons (Fsp3) is 0.267. The van der Waals surface area contributed by atoms with Crippen LogP contribution in [0.2, 0.25) is 0 Å². The molecule has 3 rings (SSSR count). The Balaban J connectivity index is 1.64. The van der Waals surface area contributed by atoms with Gasteiger partial charge in [-0.25, -0.2) is 9.78 Å². The summed E-state index contributed by atoms with van der Waals surface area (Å²) < 4.78 is 0. The van der Waals surface area contributed by atoms with Crippen LogP contribution in [0.15, 0.2) is 30.6 Å². The summed E-state index contributed by atoms with van der Waals surface area (Å²) in [7, 11) is 0. The molecule has 0 fully saturated rings. The Morgan fingerprint density at radius 3 is 2.81 bits per heavy atom. The van der Waals surface area contributed by atoms with E-state index in [0.717, 1.165) is 17.0 Å². The van der Waals surface area contributed by atoms with Gasteiger partial charge >= 0.3 is 5.97 Å². The highest BCUT2D eigenvalue weighted by molar-refractivity contribution is 5.88. The van der Waals surface area contributed by atoms with E-state index >= 15 is 0 Å². The van der Waals surface area contributed by atoms with Crippen molar-refractivity contribution in [3.05, 3.63) is 53.1 Å². The number of aryl methyl sites for hydroxylation is 1. The van der Waals surface area contributed by atoms with Crippen molar-refractivity contribution in [1.29, 1.82) is 0 Å². The van der Waals surface area contributed by atoms with Crippen LogP contribution in [0, 0.1) is 0 Å². The van der Waals surface area contributed by atoms with Gasteiger partial charge in [-0.3, -0.25) is 4.79 Å². The van der Waals surface area contributed by atoms with Crippen molar-refractivity contribution in [3.63, 3.8) is 0 Å². The summed E-state index contributed by atoms with van der Waals surface area (Å²) in [6.07, 6.45) is 4.38. The second-order valence-electron chi connectivity index (χ2n) is 5.07. The number of carboxylic acid groups (broad SMARTS) is 1. The average molecular weight is 285 g/mol. The van der Waals surface area contributed by atoms with Crippen molar-refractivity contribution in [2.45, 2.75) is 25.9 Å². The van der Waals surface area contributed by atoms with E-state index in [1.54, 1.807) is 35.5 Å². The molecule has 1 aromatic heterocycles. The lowest BCUT2D eigenvalue weighted by molar-refractivity contribution is -0.131. The lowest BCUT2D eigenvalue weighted by atomic mass is 10.1. The topological polar surface area (TPSA) is 86.3 Å². The van der Waals surface area contributed by atoms with Crippen LogP contribution in [0.25, 0.3) is 0 Å². The number of carboxylic acids is 1. The highest BCUT2D eigenvalue weighted by Gasteiger charge is 2.24. The molecule has 1 aliphatic heterocycles. The molecule has 0 spiro atoms. The number of rotatable bonds is 4. The van der Waals surface area contributed by atoms with Gasteiger partial charge in [-0.05, 0) is 23.3 Å². The van der Waals surface area contributed by atoms with Crippen LogP contribution < -0.4 is 0 Å². The largest absolute Gasteiger partial charge is 0.478 e. The first-order chi connectivity index (χ1) is 10.1. The summed E-state index contributed by atoms with van der Waals surface area (Å²) in [6.45, 7) is 1.03. The van der Waals surface area contributed by atoms with Crippen LogP contribution in [0.5, 0.6) is 0 Å². The number of carbonyl (C=O) groups is 2. The number of H-pyrrole nitrogens is 1. The number of fused-ring (bicyclic) bond motifs is 1. The second kappa shape index (κ2) is 5.40. The molecular formula is C15H15N3O3. The number of carbonyl (C=O) groups excluding carboxylic acids is 1. The Labute approximate surface area is 121 Å². The third-order valence-corrected chi connectivity index (χ3v) is 3.66. The first-order valence-electron chi connectivity index (χ1n) is 6.74.